The molecule has 3 amide bonds. The minimum atomic E-state index is -0.182. The first kappa shape index (κ1) is 18.9. The number of nitrogens with zero attached hydrogens (tertiary/aromatic N) is 2. The molecule has 3 rings (SSSR count). The first-order valence-corrected chi connectivity index (χ1v) is 9.08. The maximum absolute atomic E-state index is 12.8. The van der Waals surface area contributed by atoms with E-state index in [1.54, 1.807) is 41.1 Å². The lowest BCUT2D eigenvalue weighted by atomic mass is 10.1. The fraction of sp³-hybridized carbons (Fsp3) is 0.333. The van der Waals surface area contributed by atoms with Crippen molar-refractivity contribution in [3.8, 4) is 0 Å². The Morgan fingerprint density at radius 2 is 1.70 bits per heavy atom. The van der Waals surface area contributed by atoms with Crippen molar-refractivity contribution in [2.45, 2.75) is 26.1 Å². The number of amides is 3. The maximum atomic E-state index is 12.8. The van der Waals surface area contributed by atoms with Crippen LogP contribution in [0.1, 0.15) is 24.2 Å². The van der Waals surface area contributed by atoms with Gasteiger partial charge in [0.1, 0.15) is 0 Å². The molecule has 1 heterocycles. The Labute approximate surface area is 159 Å². The van der Waals surface area contributed by atoms with E-state index >= 15 is 0 Å². The fourth-order valence-electron chi connectivity index (χ4n) is 3.24. The van der Waals surface area contributed by atoms with E-state index in [0.717, 1.165) is 5.69 Å². The molecule has 0 saturated carbocycles. The maximum Gasteiger partial charge on any atom is 0.322 e. The molecule has 2 aromatic rings. The van der Waals surface area contributed by atoms with Gasteiger partial charge in [-0.05, 0) is 44.2 Å². The number of urea groups is 1. The van der Waals surface area contributed by atoms with Crippen LogP contribution >= 0.6 is 0 Å². The van der Waals surface area contributed by atoms with Gasteiger partial charge >= 0.3 is 6.03 Å². The topological polar surface area (TPSA) is 61.9 Å². The van der Waals surface area contributed by atoms with Crippen LogP contribution in [0.15, 0.2) is 54.6 Å². The van der Waals surface area contributed by atoms with Gasteiger partial charge in [-0.25, -0.2) is 4.79 Å². The summed E-state index contributed by atoms with van der Waals surface area (Å²) < 4.78 is 5.66. The number of carbonyl (C=O) groups excluding carboxylic acids is 2. The first-order chi connectivity index (χ1) is 12.9. The summed E-state index contributed by atoms with van der Waals surface area (Å²) in [5.41, 5.74) is 1.93. The van der Waals surface area contributed by atoms with E-state index in [0.29, 0.717) is 24.3 Å². The molecule has 1 N–H and O–H groups in total. The third-order valence-electron chi connectivity index (χ3n) is 4.52. The van der Waals surface area contributed by atoms with Crippen molar-refractivity contribution in [1.29, 1.82) is 0 Å². The molecule has 1 aliphatic heterocycles. The third-order valence-corrected chi connectivity index (χ3v) is 4.52. The van der Waals surface area contributed by atoms with Gasteiger partial charge in [-0.2, -0.15) is 0 Å². The second kappa shape index (κ2) is 8.22. The monoisotopic (exact) mass is 367 g/mol. The van der Waals surface area contributed by atoms with Crippen LogP contribution < -0.4 is 10.2 Å². The molecule has 0 aromatic heterocycles. The summed E-state index contributed by atoms with van der Waals surface area (Å²) in [7, 11) is 1.74. The zero-order valence-electron chi connectivity index (χ0n) is 15.9. The second-order valence-electron chi connectivity index (χ2n) is 6.87. The van der Waals surface area contributed by atoms with Crippen molar-refractivity contribution >= 4 is 23.3 Å². The molecule has 6 heteroatoms. The number of morpholine rings is 1. The minimum Gasteiger partial charge on any atom is -0.372 e. The SMILES string of the molecule is CC1CN(C(=O)Nc2cccc(C(=O)N(C)c3ccccc3)c2)CC(C)O1. The number of para-hydroxylation sites is 1. The van der Waals surface area contributed by atoms with Gasteiger partial charge in [0.15, 0.2) is 0 Å². The molecule has 2 unspecified atom stereocenters. The first-order valence-electron chi connectivity index (χ1n) is 9.08. The summed E-state index contributed by atoms with van der Waals surface area (Å²) in [6, 6.07) is 16.3. The van der Waals surface area contributed by atoms with Gasteiger partial charge in [0.25, 0.3) is 5.91 Å². The average molecular weight is 367 g/mol. The van der Waals surface area contributed by atoms with Gasteiger partial charge in [-0.3, -0.25) is 4.79 Å². The lowest BCUT2D eigenvalue weighted by Gasteiger charge is -2.35. The zero-order valence-corrected chi connectivity index (χ0v) is 15.9. The van der Waals surface area contributed by atoms with Crippen molar-refractivity contribution in [1.82, 2.24) is 4.90 Å². The summed E-state index contributed by atoms with van der Waals surface area (Å²) in [5.74, 6) is -0.133. The zero-order chi connectivity index (χ0) is 19.4. The largest absolute Gasteiger partial charge is 0.372 e. The number of nitrogens with one attached hydrogen (secondary N) is 1. The molecular formula is C21H25N3O3. The molecule has 27 heavy (non-hydrogen) atoms. The molecule has 1 fully saturated rings. The molecule has 142 valence electrons. The molecule has 0 spiro atoms. The van der Waals surface area contributed by atoms with E-state index in [2.05, 4.69) is 5.32 Å². The highest BCUT2D eigenvalue weighted by Crippen LogP contribution is 2.18. The van der Waals surface area contributed by atoms with Crippen LogP contribution in [-0.4, -0.2) is 49.2 Å². The highest BCUT2D eigenvalue weighted by molar-refractivity contribution is 6.06. The standard InChI is InChI=1S/C21H25N3O3/c1-15-13-24(14-16(2)27-15)21(26)22-18-9-7-8-17(12-18)20(25)23(3)19-10-5-4-6-11-19/h4-12,15-16H,13-14H2,1-3H3,(H,22,26). The van der Waals surface area contributed by atoms with Crippen molar-refractivity contribution in [2.75, 3.05) is 30.4 Å². The van der Waals surface area contributed by atoms with Gasteiger partial charge in [0, 0.05) is 37.1 Å². The van der Waals surface area contributed by atoms with Crippen LogP contribution in [0.5, 0.6) is 0 Å². The van der Waals surface area contributed by atoms with Gasteiger partial charge in [0.05, 0.1) is 12.2 Å². The Balaban J connectivity index is 1.70. The molecular weight excluding hydrogens is 342 g/mol. The third kappa shape index (κ3) is 4.65. The number of hydrogen-bond acceptors (Lipinski definition) is 3. The molecule has 1 aliphatic rings. The highest BCUT2D eigenvalue weighted by Gasteiger charge is 2.26. The van der Waals surface area contributed by atoms with Crippen LogP contribution in [0.25, 0.3) is 0 Å². The summed E-state index contributed by atoms with van der Waals surface area (Å²) in [6.45, 7) is 5.00. The van der Waals surface area contributed by atoms with E-state index in [-0.39, 0.29) is 24.1 Å². The predicted octanol–water partition coefficient (Wildman–Crippen LogP) is 3.60. The smallest absolute Gasteiger partial charge is 0.322 e. The number of hydrogen-bond donors (Lipinski definition) is 1. The second-order valence-corrected chi connectivity index (χ2v) is 6.87. The summed E-state index contributed by atoms with van der Waals surface area (Å²) >= 11 is 0. The minimum absolute atomic E-state index is 0.00642. The van der Waals surface area contributed by atoms with Gasteiger partial charge in [-0.1, -0.05) is 24.3 Å². The Morgan fingerprint density at radius 1 is 1.04 bits per heavy atom. The Kier molecular flexibility index (Phi) is 5.76. The van der Waals surface area contributed by atoms with Gasteiger partial charge in [0.2, 0.25) is 0 Å². The van der Waals surface area contributed by atoms with Crippen molar-refractivity contribution < 1.29 is 14.3 Å². The van der Waals surface area contributed by atoms with Crippen molar-refractivity contribution in [3.05, 3.63) is 60.2 Å². The van der Waals surface area contributed by atoms with Crippen LogP contribution in [0.2, 0.25) is 0 Å². The van der Waals surface area contributed by atoms with E-state index in [1.807, 2.05) is 44.2 Å². The van der Waals surface area contributed by atoms with E-state index < -0.39 is 0 Å². The van der Waals surface area contributed by atoms with Crippen LogP contribution in [0.4, 0.5) is 16.2 Å². The molecule has 0 radical (unpaired) electrons. The van der Waals surface area contributed by atoms with Crippen molar-refractivity contribution in [3.63, 3.8) is 0 Å². The highest BCUT2D eigenvalue weighted by atomic mass is 16.5. The number of rotatable bonds is 3. The number of ether oxygens (including phenoxy) is 1. The Morgan fingerprint density at radius 3 is 2.37 bits per heavy atom. The number of benzene rings is 2. The molecule has 0 bridgehead atoms. The molecule has 0 aliphatic carbocycles. The quantitative estimate of drug-likeness (QED) is 0.902. The molecule has 6 nitrogen and oxygen atoms in total. The van der Waals surface area contributed by atoms with Crippen LogP contribution in [0, 0.1) is 0 Å². The van der Waals surface area contributed by atoms with E-state index in [1.165, 1.54) is 0 Å². The predicted molar refractivity (Wildman–Crippen MR) is 106 cm³/mol. The normalized spacial score (nSPS) is 19.4. The van der Waals surface area contributed by atoms with Gasteiger partial charge < -0.3 is 19.9 Å². The van der Waals surface area contributed by atoms with Crippen LogP contribution in [0.3, 0.4) is 0 Å². The molecule has 1 saturated heterocycles. The summed E-state index contributed by atoms with van der Waals surface area (Å²) in [4.78, 5) is 28.6. The molecule has 2 aromatic carbocycles. The lowest BCUT2D eigenvalue weighted by molar-refractivity contribution is -0.0530. The van der Waals surface area contributed by atoms with Crippen LogP contribution in [-0.2, 0) is 4.74 Å². The Bertz CT molecular complexity index is 799. The van der Waals surface area contributed by atoms with Gasteiger partial charge in [-0.15, -0.1) is 0 Å². The fourth-order valence-corrected chi connectivity index (χ4v) is 3.24. The van der Waals surface area contributed by atoms with E-state index in [9.17, 15) is 9.59 Å². The van der Waals surface area contributed by atoms with Crippen molar-refractivity contribution in [2.24, 2.45) is 0 Å². The summed E-state index contributed by atoms with van der Waals surface area (Å²) in [5, 5.41) is 2.89. The average Bonchev–Trinajstić information content (AvgIpc) is 2.67. The van der Waals surface area contributed by atoms with E-state index in [4.69, 9.17) is 4.74 Å². The Hall–Kier alpha value is -2.86. The molecule has 2 atom stereocenters. The number of anilines is 2. The summed E-state index contributed by atoms with van der Waals surface area (Å²) in [6.07, 6.45) is 0.0128. The lowest BCUT2D eigenvalue weighted by Crippen LogP contribution is -2.49. The number of carbonyl (C=O) groups is 2.